The highest BCUT2D eigenvalue weighted by atomic mass is 31.1. The van der Waals surface area contributed by atoms with Gasteiger partial charge in [0.25, 0.3) is 0 Å². The number of rotatable bonds is 8. The molecule has 0 aliphatic rings. The van der Waals surface area contributed by atoms with Crippen LogP contribution in [0.15, 0.2) is 54.6 Å². The Hall–Kier alpha value is -3.24. The van der Waals surface area contributed by atoms with Crippen molar-refractivity contribution in [3.63, 3.8) is 0 Å². The lowest BCUT2D eigenvalue weighted by molar-refractivity contribution is -0.138. The third-order valence-corrected chi connectivity index (χ3v) is 6.73. The zero-order valence-corrected chi connectivity index (χ0v) is 20.0. The zero-order valence-electron chi connectivity index (χ0n) is 19.0. The highest BCUT2D eigenvalue weighted by molar-refractivity contribution is 7.41. The summed E-state index contributed by atoms with van der Waals surface area (Å²) >= 11 is 0. The van der Waals surface area contributed by atoms with Crippen LogP contribution in [0.5, 0.6) is 0 Å². The molecule has 2 unspecified atom stereocenters. The number of carbonyl (C=O) groups is 1. The van der Waals surface area contributed by atoms with Gasteiger partial charge >= 0.3 is 5.97 Å². The maximum absolute atomic E-state index is 13.6. The van der Waals surface area contributed by atoms with Gasteiger partial charge in [0.1, 0.15) is 17.3 Å². The Bertz CT molecular complexity index is 1230. The van der Waals surface area contributed by atoms with Gasteiger partial charge in [-0.2, -0.15) is 0 Å². The first-order valence-electron chi connectivity index (χ1n) is 10.7. The van der Waals surface area contributed by atoms with E-state index in [0.29, 0.717) is 22.9 Å². The van der Waals surface area contributed by atoms with Gasteiger partial charge in [-0.1, -0.05) is 50.1 Å². The molecule has 0 spiro atoms. The van der Waals surface area contributed by atoms with Gasteiger partial charge in [-0.05, 0) is 36.1 Å². The number of carboxylic acids is 1. The lowest BCUT2D eigenvalue weighted by atomic mass is 10.1. The van der Waals surface area contributed by atoms with Gasteiger partial charge in [-0.3, -0.25) is 13.9 Å². The van der Waals surface area contributed by atoms with Crippen LogP contribution in [0.3, 0.4) is 0 Å². The first kappa shape index (κ1) is 25.4. The fraction of sp³-hybridized carbons (Fsp3) is 0.280. The van der Waals surface area contributed by atoms with Crippen LogP contribution in [0.2, 0.25) is 0 Å². The Morgan fingerprint density at radius 2 is 1.82 bits per heavy atom. The van der Waals surface area contributed by atoms with E-state index in [1.165, 1.54) is 12.1 Å². The van der Waals surface area contributed by atoms with Crippen LogP contribution in [0.25, 0.3) is 17.1 Å². The quantitative estimate of drug-likeness (QED) is 0.361. The topological polar surface area (TPSA) is 102 Å². The van der Waals surface area contributed by atoms with Crippen molar-refractivity contribution in [2.24, 2.45) is 0 Å². The molecule has 3 aromatic rings. The number of hydrogen-bond donors (Lipinski definition) is 2. The molecule has 0 fully saturated rings. The van der Waals surface area contributed by atoms with Crippen molar-refractivity contribution < 1.29 is 28.5 Å². The number of aromatic nitrogens is 2. The Labute approximate surface area is 198 Å². The minimum atomic E-state index is -2.99. The Morgan fingerprint density at radius 3 is 2.38 bits per heavy atom. The molecule has 9 heteroatoms. The fourth-order valence-corrected chi connectivity index (χ4v) is 4.38. The second-order valence-electron chi connectivity index (χ2n) is 7.91. The first-order chi connectivity index (χ1) is 16.2. The van der Waals surface area contributed by atoms with E-state index in [2.05, 4.69) is 16.4 Å². The third-order valence-electron chi connectivity index (χ3n) is 5.19. The van der Waals surface area contributed by atoms with E-state index in [4.69, 9.17) is 4.98 Å². The maximum atomic E-state index is 13.6. The van der Waals surface area contributed by atoms with E-state index in [-0.39, 0.29) is 18.2 Å². The SMILES string of the molecule is CO[PH](=O)[C@H](C(=O)O)C(O)CC#Cc1c(C(C)C)nc(-c2ccccc2)n1-c1ccc(F)cc1. The molecule has 3 atom stereocenters. The molecule has 0 saturated carbocycles. The van der Waals surface area contributed by atoms with Crippen LogP contribution >= 0.6 is 8.03 Å². The van der Waals surface area contributed by atoms with Crippen LogP contribution in [0, 0.1) is 17.7 Å². The molecule has 1 aromatic heterocycles. The van der Waals surface area contributed by atoms with E-state index in [9.17, 15) is 24.0 Å². The number of aliphatic carboxylic acids is 1. The Balaban J connectivity index is 2.12. The highest BCUT2D eigenvalue weighted by Gasteiger charge is 2.32. The van der Waals surface area contributed by atoms with Gasteiger partial charge in [0.15, 0.2) is 5.66 Å². The largest absolute Gasteiger partial charge is 0.481 e. The van der Waals surface area contributed by atoms with Crippen LogP contribution < -0.4 is 0 Å². The van der Waals surface area contributed by atoms with Crippen LogP contribution in [0.4, 0.5) is 4.39 Å². The first-order valence-corrected chi connectivity index (χ1v) is 12.1. The predicted molar refractivity (Wildman–Crippen MR) is 128 cm³/mol. The van der Waals surface area contributed by atoms with E-state index < -0.39 is 25.8 Å². The van der Waals surface area contributed by atoms with Crippen molar-refractivity contribution in [1.29, 1.82) is 0 Å². The van der Waals surface area contributed by atoms with Crippen molar-refractivity contribution >= 4 is 14.0 Å². The lowest BCUT2D eigenvalue weighted by Gasteiger charge is -2.15. The summed E-state index contributed by atoms with van der Waals surface area (Å²) < 4.78 is 32.0. The minimum Gasteiger partial charge on any atom is -0.481 e. The van der Waals surface area contributed by atoms with Gasteiger partial charge < -0.3 is 14.7 Å². The number of carboxylic acid groups (broad SMARTS) is 1. The average molecular weight is 484 g/mol. The average Bonchev–Trinajstić information content (AvgIpc) is 3.19. The predicted octanol–water partition coefficient (Wildman–Crippen LogP) is 4.48. The summed E-state index contributed by atoms with van der Waals surface area (Å²) in [7, 11) is -1.85. The van der Waals surface area contributed by atoms with E-state index in [1.54, 1.807) is 12.1 Å². The van der Waals surface area contributed by atoms with Crippen molar-refractivity contribution in [2.45, 2.75) is 37.9 Å². The van der Waals surface area contributed by atoms with Crippen LogP contribution in [-0.4, -0.2) is 44.6 Å². The second kappa shape index (κ2) is 11.3. The molecule has 2 aromatic carbocycles. The number of halogens is 1. The maximum Gasteiger partial charge on any atom is 0.318 e. The van der Waals surface area contributed by atoms with Gasteiger partial charge in [0.05, 0.1) is 11.8 Å². The molecule has 0 amide bonds. The highest BCUT2D eigenvalue weighted by Crippen LogP contribution is 2.32. The third kappa shape index (κ3) is 5.63. The summed E-state index contributed by atoms with van der Waals surface area (Å²) in [5.74, 6) is 4.67. The lowest BCUT2D eigenvalue weighted by Crippen LogP contribution is -2.30. The summed E-state index contributed by atoms with van der Waals surface area (Å²) in [6, 6.07) is 15.4. The van der Waals surface area contributed by atoms with Crippen molar-refractivity contribution in [3.05, 3.63) is 71.8 Å². The van der Waals surface area contributed by atoms with Crippen molar-refractivity contribution in [1.82, 2.24) is 9.55 Å². The molecule has 3 rings (SSSR count). The monoisotopic (exact) mass is 484 g/mol. The molecular formula is C25H26FN2O5P. The number of aliphatic hydroxyl groups is 1. The number of aliphatic hydroxyl groups excluding tert-OH is 1. The molecule has 0 bridgehead atoms. The summed E-state index contributed by atoms with van der Waals surface area (Å²) in [4.78, 5) is 16.3. The molecule has 0 radical (unpaired) electrons. The molecule has 1 heterocycles. The fourth-order valence-electron chi connectivity index (χ4n) is 3.49. The number of hydrogen-bond acceptors (Lipinski definition) is 5. The van der Waals surface area contributed by atoms with E-state index >= 15 is 0 Å². The van der Waals surface area contributed by atoms with Gasteiger partial charge in [0, 0.05) is 24.8 Å². The van der Waals surface area contributed by atoms with Gasteiger partial charge in [-0.25, -0.2) is 9.37 Å². The summed E-state index contributed by atoms with van der Waals surface area (Å²) in [6.45, 7) is 3.94. The standard InChI is InChI=1S/C25H26FN2O5P/c1-16(2)22-20(10-7-11-21(29)23(25(30)31)34(32)33-3)28(19-14-12-18(26)13-15-19)24(27-22)17-8-5-4-6-9-17/h4-6,8-9,12-16,21,23,29,34H,11H2,1-3H3,(H,30,31)/t21?,23-/m0/s1. The number of imidazole rings is 1. The van der Waals surface area contributed by atoms with Crippen molar-refractivity contribution in [3.8, 4) is 28.9 Å². The zero-order chi connectivity index (χ0) is 24.8. The summed E-state index contributed by atoms with van der Waals surface area (Å²) in [5, 5.41) is 19.7. The number of benzene rings is 2. The molecule has 2 N–H and O–H groups in total. The molecule has 0 aliphatic heterocycles. The normalized spacial score (nSPS) is 13.7. The minimum absolute atomic E-state index is 0.00454. The molecule has 0 saturated heterocycles. The molecule has 0 aliphatic carbocycles. The van der Waals surface area contributed by atoms with E-state index in [0.717, 1.165) is 12.7 Å². The molecule has 34 heavy (non-hydrogen) atoms. The molecule has 178 valence electrons. The second-order valence-corrected chi connectivity index (χ2v) is 9.58. The molecular weight excluding hydrogens is 458 g/mol. The van der Waals surface area contributed by atoms with Crippen LogP contribution in [-0.2, 0) is 13.9 Å². The number of nitrogens with zero attached hydrogens (tertiary/aromatic N) is 2. The molecule has 7 nitrogen and oxygen atoms in total. The van der Waals surface area contributed by atoms with Crippen LogP contribution in [0.1, 0.15) is 37.6 Å². The van der Waals surface area contributed by atoms with Crippen molar-refractivity contribution in [2.75, 3.05) is 7.11 Å². The van der Waals surface area contributed by atoms with E-state index in [1.807, 2.05) is 48.7 Å². The smallest absolute Gasteiger partial charge is 0.318 e. The Morgan fingerprint density at radius 1 is 1.18 bits per heavy atom. The summed E-state index contributed by atoms with van der Waals surface area (Å²) in [5.41, 5.74) is 1.17. The van der Waals surface area contributed by atoms with Gasteiger partial charge in [0.2, 0.25) is 8.03 Å². The Kier molecular flexibility index (Phi) is 8.41. The van der Waals surface area contributed by atoms with Gasteiger partial charge in [-0.15, -0.1) is 0 Å². The summed E-state index contributed by atoms with van der Waals surface area (Å²) in [6.07, 6.45) is -1.71.